The van der Waals surface area contributed by atoms with Crippen LogP contribution in [0.4, 0.5) is 0 Å². The lowest BCUT2D eigenvalue weighted by molar-refractivity contribution is 0.318. The summed E-state index contributed by atoms with van der Waals surface area (Å²) in [5.74, 6) is 1.76. The Hall–Kier alpha value is -2.99. The quantitative estimate of drug-likeness (QED) is 0.590. The number of nitrogens with zero attached hydrogens (tertiary/aromatic N) is 4. The Morgan fingerprint density at radius 3 is 2.93 bits per heavy atom. The van der Waals surface area contributed by atoms with Gasteiger partial charge in [-0.1, -0.05) is 18.2 Å². The average molecular weight is 359 g/mol. The zero-order valence-electron chi connectivity index (χ0n) is 15.0. The number of fused-ring (bicyclic) bond motifs is 1. The minimum atomic E-state index is 0.316. The number of hydrogen-bond donors (Lipinski definition) is 1. The van der Waals surface area contributed by atoms with Crippen LogP contribution in [-0.2, 0) is 13.0 Å². The van der Waals surface area contributed by atoms with E-state index in [0.29, 0.717) is 18.2 Å². The van der Waals surface area contributed by atoms with Crippen LogP contribution >= 0.6 is 0 Å². The van der Waals surface area contributed by atoms with Gasteiger partial charge in [0.2, 0.25) is 11.8 Å². The first-order valence-electron chi connectivity index (χ1n) is 9.34. The van der Waals surface area contributed by atoms with Crippen LogP contribution in [0.15, 0.2) is 59.4 Å². The average Bonchev–Trinajstić information content (AvgIpc) is 3.44. The minimum absolute atomic E-state index is 0.316. The number of hydrogen-bond acceptors (Lipinski definition) is 5. The number of likely N-dealkylation sites (tertiary alicyclic amines) is 1. The van der Waals surface area contributed by atoms with E-state index in [2.05, 4.69) is 55.4 Å². The van der Waals surface area contributed by atoms with Crippen molar-refractivity contribution >= 4 is 10.9 Å². The highest BCUT2D eigenvalue weighted by molar-refractivity contribution is 5.83. The number of aromatic amines is 1. The zero-order chi connectivity index (χ0) is 18.1. The summed E-state index contributed by atoms with van der Waals surface area (Å²) in [4.78, 5) is 9.81. The van der Waals surface area contributed by atoms with Crippen molar-refractivity contribution in [3.8, 4) is 0 Å². The molecule has 1 atom stereocenters. The van der Waals surface area contributed by atoms with Crippen LogP contribution in [0.25, 0.3) is 10.9 Å². The number of rotatable bonds is 5. The SMILES string of the molecule is c1ccc2c(Cc3nnc(C4CCN(Cc5ccncc5)C4)o3)c[nH]c2c1. The molecule has 4 aromatic rings. The molecule has 1 unspecified atom stereocenters. The first kappa shape index (κ1) is 16.2. The zero-order valence-corrected chi connectivity index (χ0v) is 15.0. The maximum absolute atomic E-state index is 6.02. The Morgan fingerprint density at radius 1 is 1.11 bits per heavy atom. The third-order valence-corrected chi connectivity index (χ3v) is 5.28. The van der Waals surface area contributed by atoms with Gasteiger partial charge in [-0.15, -0.1) is 10.2 Å². The van der Waals surface area contributed by atoms with Gasteiger partial charge in [-0.25, -0.2) is 0 Å². The second kappa shape index (κ2) is 6.96. The predicted molar refractivity (Wildman–Crippen MR) is 102 cm³/mol. The highest BCUT2D eigenvalue weighted by Gasteiger charge is 2.28. The van der Waals surface area contributed by atoms with Gasteiger partial charge in [0, 0.05) is 42.6 Å². The Labute approximate surface area is 157 Å². The van der Waals surface area contributed by atoms with Gasteiger partial charge in [0.05, 0.1) is 12.3 Å². The molecule has 0 spiro atoms. The molecule has 3 aromatic heterocycles. The summed E-state index contributed by atoms with van der Waals surface area (Å²) in [6.45, 7) is 2.94. The monoisotopic (exact) mass is 359 g/mol. The molecular weight excluding hydrogens is 338 g/mol. The molecule has 1 fully saturated rings. The van der Waals surface area contributed by atoms with Gasteiger partial charge >= 0.3 is 0 Å². The normalized spacial score (nSPS) is 17.7. The van der Waals surface area contributed by atoms with E-state index in [0.717, 1.165) is 37.5 Å². The van der Waals surface area contributed by atoms with Gasteiger partial charge in [0.15, 0.2) is 0 Å². The fourth-order valence-corrected chi connectivity index (χ4v) is 3.87. The molecule has 5 rings (SSSR count). The smallest absolute Gasteiger partial charge is 0.221 e. The summed E-state index contributed by atoms with van der Waals surface area (Å²) in [5.41, 5.74) is 3.61. The Morgan fingerprint density at radius 2 is 2.00 bits per heavy atom. The van der Waals surface area contributed by atoms with Crippen molar-refractivity contribution in [1.82, 2.24) is 25.1 Å². The molecule has 1 saturated heterocycles. The molecule has 0 saturated carbocycles. The van der Waals surface area contributed by atoms with Crippen molar-refractivity contribution in [3.63, 3.8) is 0 Å². The molecule has 0 bridgehead atoms. The summed E-state index contributed by atoms with van der Waals surface area (Å²) in [6.07, 6.45) is 7.43. The van der Waals surface area contributed by atoms with Crippen molar-refractivity contribution < 1.29 is 4.42 Å². The fraction of sp³-hybridized carbons (Fsp3) is 0.286. The largest absolute Gasteiger partial charge is 0.425 e. The van der Waals surface area contributed by atoms with E-state index < -0.39 is 0 Å². The first-order chi connectivity index (χ1) is 13.3. The molecule has 0 aliphatic carbocycles. The number of pyridine rings is 1. The Bertz CT molecular complexity index is 1040. The van der Waals surface area contributed by atoms with Crippen molar-refractivity contribution in [2.45, 2.75) is 25.3 Å². The third-order valence-electron chi connectivity index (χ3n) is 5.28. The number of nitrogens with one attached hydrogen (secondary N) is 1. The van der Waals surface area contributed by atoms with Gasteiger partial charge in [-0.05, 0) is 42.3 Å². The summed E-state index contributed by atoms with van der Waals surface area (Å²) >= 11 is 0. The van der Waals surface area contributed by atoms with E-state index in [9.17, 15) is 0 Å². The molecule has 1 aliphatic rings. The van der Waals surface area contributed by atoms with Crippen LogP contribution in [-0.4, -0.2) is 38.2 Å². The molecule has 1 N–H and O–H groups in total. The van der Waals surface area contributed by atoms with Crippen LogP contribution in [0.5, 0.6) is 0 Å². The summed E-state index contributed by atoms with van der Waals surface area (Å²) < 4.78 is 6.02. The van der Waals surface area contributed by atoms with E-state index in [1.807, 2.05) is 24.7 Å². The molecule has 0 amide bonds. The highest BCUT2D eigenvalue weighted by atomic mass is 16.4. The topological polar surface area (TPSA) is 70.8 Å². The van der Waals surface area contributed by atoms with Crippen LogP contribution < -0.4 is 0 Å². The van der Waals surface area contributed by atoms with Gasteiger partial charge in [0.25, 0.3) is 0 Å². The molecule has 1 aliphatic heterocycles. The van der Waals surface area contributed by atoms with Crippen molar-refractivity contribution in [2.75, 3.05) is 13.1 Å². The molecule has 27 heavy (non-hydrogen) atoms. The molecule has 136 valence electrons. The number of aromatic nitrogens is 4. The van der Waals surface area contributed by atoms with Crippen molar-refractivity contribution in [2.24, 2.45) is 0 Å². The Balaban J connectivity index is 1.26. The number of para-hydroxylation sites is 1. The van der Waals surface area contributed by atoms with E-state index in [-0.39, 0.29) is 0 Å². The lowest BCUT2D eigenvalue weighted by Crippen LogP contribution is -2.19. The predicted octanol–water partition coefficient (Wildman–Crippen LogP) is 3.53. The summed E-state index contributed by atoms with van der Waals surface area (Å²) in [6, 6.07) is 12.4. The van der Waals surface area contributed by atoms with Gasteiger partial charge in [-0.3, -0.25) is 9.88 Å². The van der Waals surface area contributed by atoms with Crippen LogP contribution in [0, 0.1) is 0 Å². The Kier molecular flexibility index (Phi) is 4.18. The summed E-state index contributed by atoms with van der Waals surface area (Å²) in [7, 11) is 0. The van der Waals surface area contributed by atoms with Crippen molar-refractivity contribution in [3.05, 3.63) is 77.9 Å². The van der Waals surface area contributed by atoms with Crippen LogP contribution in [0.3, 0.4) is 0 Å². The number of H-pyrrole nitrogens is 1. The van der Waals surface area contributed by atoms with Crippen LogP contribution in [0.2, 0.25) is 0 Å². The molecule has 6 nitrogen and oxygen atoms in total. The van der Waals surface area contributed by atoms with E-state index in [4.69, 9.17) is 4.42 Å². The lowest BCUT2D eigenvalue weighted by Gasteiger charge is -2.14. The second-order valence-corrected chi connectivity index (χ2v) is 7.15. The molecule has 0 radical (unpaired) electrons. The minimum Gasteiger partial charge on any atom is -0.425 e. The maximum Gasteiger partial charge on any atom is 0.221 e. The highest BCUT2D eigenvalue weighted by Crippen LogP contribution is 2.28. The maximum atomic E-state index is 6.02. The molecule has 6 heteroatoms. The third kappa shape index (κ3) is 3.36. The van der Waals surface area contributed by atoms with E-state index in [1.165, 1.54) is 16.5 Å². The van der Waals surface area contributed by atoms with Gasteiger partial charge < -0.3 is 9.40 Å². The van der Waals surface area contributed by atoms with E-state index >= 15 is 0 Å². The fourth-order valence-electron chi connectivity index (χ4n) is 3.87. The van der Waals surface area contributed by atoms with Crippen molar-refractivity contribution in [1.29, 1.82) is 0 Å². The van der Waals surface area contributed by atoms with E-state index in [1.54, 1.807) is 0 Å². The molecular formula is C21H21N5O. The summed E-state index contributed by atoms with van der Waals surface area (Å²) in [5, 5.41) is 9.84. The molecule has 4 heterocycles. The second-order valence-electron chi connectivity index (χ2n) is 7.15. The number of benzene rings is 1. The van der Waals surface area contributed by atoms with Gasteiger partial charge in [-0.2, -0.15) is 0 Å². The lowest BCUT2D eigenvalue weighted by atomic mass is 10.1. The standard InChI is InChI=1S/C21H21N5O/c1-2-4-19-18(3-1)17(12-23-19)11-20-24-25-21(27-20)16-7-10-26(14-16)13-15-5-8-22-9-6-15/h1-6,8-9,12,16,23H,7,10-11,13-14H2. The first-order valence-corrected chi connectivity index (χ1v) is 9.34. The molecule has 1 aromatic carbocycles. The van der Waals surface area contributed by atoms with Gasteiger partial charge in [0.1, 0.15) is 0 Å². The van der Waals surface area contributed by atoms with Crippen LogP contribution in [0.1, 0.15) is 35.2 Å².